The first-order valence-corrected chi connectivity index (χ1v) is 11.4. The molecule has 1 aromatic rings. The van der Waals surface area contributed by atoms with Crippen molar-refractivity contribution in [3.8, 4) is 0 Å². The molecule has 0 aromatic carbocycles. The summed E-state index contributed by atoms with van der Waals surface area (Å²) in [6, 6.07) is 4.12. The lowest BCUT2D eigenvalue weighted by Gasteiger charge is -2.41. The largest absolute Gasteiger partial charge is 0.393 e. The van der Waals surface area contributed by atoms with E-state index in [9.17, 15) is 14.7 Å². The smallest absolute Gasteiger partial charge is 0.230 e. The van der Waals surface area contributed by atoms with E-state index in [2.05, 4.69) is 20.1 Å². The Balaban J connectivity index is 1.42. The Morgan fingerprint density at radius 2 is 1.97 bits per heavy atom. The summed E-state index contributed by atoms with van der Waals surface area (Å²) in [4.78, 5) is 34.2. The molecule has 3 aliphatic rings. The van der Waals surface area contributed by atoms with Gasteiger partial charge in [0.1, 0.15) is 5.82 Å². The summed E-state index contributed by atoms with van der Waals surface area (Å²) in [5, 5.41) is 12.7. The molecule has 1 spiro atoms. The summed E-state index contributed by atoms with van der Waals surface area (Å²) >= 11 is 0. The summed E-state index contributed by atoms with van der Waals surface area (Å²) in [6.45, 7) is 6.17. The van der Waals surface area contributed by atoms with Gasteiger partial charge in [0.25, 0.3) is 0 Å². The Hall–Kier alpha value is -2.15. The predicted octanol–water partition coefficient (Wildman–Crippen LogP) is 2.80. The van der Waals surface area contributed by atoms with Crippen LogP contribution in [0.25, 0.3) is 0 Å². The van der Waals surface area contributed by atoms with Crippen LogP contribution in [0.4, 0.5) is 11.5 Å². The third-order valence-corrected chi connectivity index (χ3v) is 7.09. The van der Waals surface area contributed by atoms with Crippen LogP contribution < -0.4 is 10.2 Å². The first-order valence-electron chi connectivity index (χ1n) is 11.4. The Morgan fingerprint density at radius 1 is 1.20 bits per heavy atom. The number of hydrogen-bond donors (Lipinski definition) is 2. The van der Waals surface area contributed by atoms with Crippen LogP contribution in [0.2, 0.25) is 0 Å². The second-order valence-corrected chi connectivity index (χ2v) is 9.57. The van der Waals surface area contributed by atoms with Gasteiger partial charge >= 0.3 is 0 Å². The summed E-state index contributed by atoms with van der Waals surface area (Å²) in [6.07, 6.45) is 7.77. The van der Waals surface area contributed by atoms with Crippen LogP contribution >= 0.6 is 0 Å². The molecule has 2 amide bonds. The molecule has 0 unspecified atom stereocenters. The first kappa shape index (κ1) is 21.1. The number of amides is 2. The molecule has 1 atom stereocenters. The van der Waals surface area contributed by atoms with E-state index in [-0.39, 0.29) is 29.4 Å². The van der Waals surface area contributed by atoms with Gasteiger partial charge in [0.2, 0.25) is 11.8 Å². The second kappa shape index (κ2) is 8.53. The molecule has 1 aliphatic carbocycles. The first-order chi connectivity index (χ1) is 14.4. The van der Waals surface area contributed by atoms with Crippen molar-refractivity contribution in [2.75, 3.05) is 29.9 Å². The number of carbonyl (C=O) groups excluding carboxylic acids is 2. The fourth-order valence-corrected chi connectivity index (χ4v) is 5.21. The molecule has 0 radical (unpaired) electrons. The van der Waals surface area contributed by atoms with Crippen molar-refractivity contribution in [1.82, 2.24) is 9.88 Å². The van der Waals surface area contributed by atoms with E-state index < -0.39 is 0 Å². The number of pyridine rings is 1. The highest BCUT2D eigenvalue weighted by Gasteiger charge is 2.50. The average Bonchev–Trinajstić information content (AvgIpc) is 3.04. The lowest BCUT2D eigenvalue weighted by atomic mass is 9.78. The number of aromatic nitrogens is 1. The number of rotatable bonds is 4. The zero-order valence-electron chi connectivity index (χ0n) is 18.1. The van der Waals surface area contributed by atoms with Crippen LogP contribution in [0, 0.1) is 11.3 Å². The predicted molar refractivity (Wildman–Crippen MR) is 116 cm³/mol. The molecule has 3 heterocycles. The SMILES string of the molecule is CC(C)C(=O)Nc1ccc(N2CCC[C@]3(CCN(C4CCC(O)CC4)C3=O)C2)nc1. The summed E-state index contributed by atoms with van der Waals surface area (Å²) in [5.74, 6) is 1.07. The molecule has 3 fully saturated rings. The Kier molecular flexibility index (Phi) is 6.00. The van der Waals surface area contributed by atoms with Crippen LogP contribution in [0.1, 0.15) is 58.8 Å². The number of aliphatic hydroxyl groups is 1. The van der Waals surface area contributed by atoms with Gasteiger partial charge in [0.05, 0.1) is 23.4 Å². The highest BCUT2D eigenvalue weighted by Crippen LogP contribution is 2.43. The maximum Gasteiger partial charge on any atom is 0.230 e. The number of carbonyl (C=O) groups is 2. The Morgan fingerprint density at radius 3 is 2.63 bits per heavy atom. The minimum atomic E-state index is -0.305. The van der Waals surface area contributed by atoms with E-state index in [0.29, 0.717) is 18.1 Å². The number of nitrogens with one attached hydrogen (secondary N) is 1. The van der Waals surface area contributed by atoms with Gasteiger partial charge in [-0.15, -0.1) is 0 Å². The molecule has 2 aliphatic heterocycles. The van der Waals surface area contributed by atoms with Crippen LogP contribution in [0.15, 0.2) is 18.3 Å². The van der Waals surface area contributed by atoms with E-state index in [1.54, 1.807) is 6.20 Å². The fourth-order valence-electron chi connectivity index (χ4n) is 5.21. The molecular formula is C23H34N4O3. The fraction of sp³-hybridized carbons (Fsp3) is 0.696. The molecule has 7 heteroatoms. The van der Waals surface area contributed by atoms with Crippen LogP contribution in [-0.2, 0) is 9.59 Å². The third kappa shape index (κ3) is 4.17. The number of likely N-dealkylation sites (tertiary alicyclic amines) is 1. The van der Waals surface area contributed by atoms with E-state index in [0.717, 1.165) is 63.9 Å². The van der Waals surface area contributed by atoms with Gasteiger partial charge in [0, 0.05) is 31.6 Å². The van der Waals surface area contributed by atoms with Gasteiger partial charge in [-0.25, -0.2) is 4.98 Å². The lowest BCUT2D eigenvalue weighted by Crippen LogP contribution is -2.50. The molecule has 30 heavy (non-hydrogen) atoms. The zero-order valence-corrected chi connectivity index (χ0v) is 18.1. The number of hydrogen-bond acceptors (Lipinski definition) is 5. The maximum atomic E-state index is 13.4. The van der Waals surface area contributed by atoms with Gasteiger partial charge < -0.3 is 20.2 Å². The summed E-state index contributed by atoms with van der Waals surface area (Å²) < 4.78 is 0. The topological polar surface area (TPSA) is 85.8 Å². The second-order valence-electron chi connectivity index (χ2n) is 9.57. The van der Waals surface area contributed by atoms with Crippen molar-refractivity contribution in [3.05, 3.63) is 18.3 Å². The van der Waals surface area contributed by atoms with Crippen molar-refractivity contribution in [2.45, 2.75) is 70.9 Å². The Bertz CT molecular complexity index is 773. The molecule has 0 bridgehead atoms. The summed E-state index contributed by atoms with van der Waals surface area (Å²) in [5.41, 5.74) is 0.396. The molecule has 7 nitrogen and oxygen atoms in total. The molecule has 1 aromatic heterocycles. The van der Waals surface area contributed by atoms with Crippen LogP contribution in [0.3, 0.4) is 0 Å². The monoisotopic (exact) mass is 414 g/mol. The number of piperidine rings is 1. The maximum absolute atomic E-state index is 13.4. The molecule has 2 N–H and O–H groups in total. The van der Waals surface area contributed by atoms with E-state index in [1.165, 1.54) is 0 Å². The van der Waals surface area contributed by atoms with Crippen molar-refractivity contribution in [2.24, 2.45) is 11.3 Å². The lowest BCUT2D eigenvalue weighted by molar-refractivity contribution is -0.139. The quantitative estimate of drug-likeness (QED) is 0.791. The minimum Gasteiger partial charge on any atom is -0.393 e. The highest BCUT2D eigenvalue weighted by atomic mass is 16.3. The number of nitrogens with zero attached hydrogens (tertiary/aromatic N) is 3. The number of anilines is 2. The molecular weight excluding hydrogens is 380 g/mol. The molecule has 1 saturated carbocycles. The normalized spacial score (nSPS) is 29.7. The Labute approximate surface area is 178 Å². The average molecular weight is 415 g/mol. The minimum absolute atomic E-state index is 0.0200. The van der Waals surface area contributed by atoms with E-state index in [1.807, 2.05) is 26.0 Å². The van der Waals surface area contributed by atoms with E-state index in [4.69, 9.17) is 0 Å². The standard InChI is InChI=1S/C23H34N4O3/c1-16(2)21(29)25-17-4-9-20(24-14-17)26-12-3-10-23(15-26)11-13-27(22(23)30)18-5-7-19(28)8-6-18/h4,9,14,16,18-19,28H,3,5-8,10-13,15H2,1-2H3,(H,25,29)/t18?,19?,23-/m0/s1. The van der Waals surface area contributed by atoms with Crippen molar-refractivity contribution in [3.63, 3.8) is 0 Å². The van der Waals surface area contributed by atoms with Gasteiger partial charge in [-0.05, 0) is 57.1 Å². The molecule has 2 saturated heterocycles. The van der Waals surface area contributed by atoms with Crippen molar-refractivity contribution >= 4 is 23.3 Å². The third-order valence-electron chi connectivity index (χ3n) is 7.09. The van der Waals surface area contributed by atoms with Crippen molar-refractivity contribution < 1.29 is 14.7 Å². The molecule has 164 valence electrons. The molecule has 4 rings (SSSR count). The number of aliphatic hydroxyl groups excluding tert-OH is 1. The van der Waals surface area contributed by atoms with Gasteiger partial charge in [-0.2, -0.15) is 0 Å². The van der Waals surface area contributed by atoms with Gasteiger partial charge in [-0.3, -0.25) is 9.59 Å². The van der Waals surface area contributed by atoms with Gasteiger partial charge in [-0.1, -0.05) is 13.8 Å². The zero-order chi connectivity index (χ0) is 21.3. The van der Waals surface area contributed by atoms with Crippen molar-refractivity contribution in [1.29, 1.82) is 0 Å². The van der Waals surface area contributed by atoms with Crippen LogP contribution in [0.5, 0.6) is 0 Å². The van der Waals surface area contributed by atoms with Gasteiger partial charge in [0.15, 0.2) is 0 Å². The highest BCUT2D eigenvalue weighted by molar-refractivity contribution is 5.92. The van der Waals surface area contributed by atoms with E-state index >= 15 is 0 Å². The summed E-state index contributed by atoms with van der Waals surface area (Å²) in [7, 11) is 0. The van der Waals surface area contributed by atoms with Crippen LogP contribution in [-0.4, -0.2) is 58.6 Å².